The second-order valence-corrected chi connectivity index (χ2v) is 5.41. The molecule has 0 aliphatic rings. The van der Waals surface area contributed by atoms with Crippen LogP contribution in [0.1, 0.15) is 5.56 Å². The molecule has 3 aromatic rings. The highest BCUT2D eigenvalue weighted by Crippen LogP contribution is 2.25. The molecule has 0 saturated heterocycles. The first kappa shape index (κ1) is 13.1. The van der Waals surface area contributed by atoms with Crippen LogP contribution in [-0.4, -0.2) is 9.78 Å². The molecule has 2 N–H and O–H groups in total. The topological polar surface area (TPSA) is 43.8 Å². The van der Waals surface area contributed by atoms with Crippen molar-refractivity contribution in [2.75, 3.05) is 0 Å². The van der Waals surface area contributed by atoms with Crippen LogP contribution in [-0.2, 0) is 6.54 Å². The fraction of sp³-hybridized carbons (Fsp3) is 0.0625. The minimum absolute atomic E-state index is 0.467. The van der Waals surface area contributed by atoms with Gasteiger partial charge < -0.3 is 5.73 Å². The predicted octanol–water partition coefficient (Wildman–Crippen LogP) is 3.76. The van der Waals surface area contributed by atoms with Crippen molar-refractivity contribution in [1.29, 1.82) is 0 Å². The van der Waals surface area contributed by atoms with Crippen molar-refractivity contribution >= 4 is 15.9 Å². The molecule has 0 amide bonds. The molecule has 0 unspecified atom stereocenters. The second kappa shape index (κ2) is 5.61. The van der Waals surface area contributed by atoms with Crippen LogP contribution < -0.4 is 5.73 Å². The number of aromatic nitrogens is 2. The third-order valence-corrected chi connectivity index (χ3v) is 3.62. The van der Waals surface area contributed by atoms with Crippen molar-refractivity contribution in [1.82, 2.24) is 9.78 Å². The summed E-state index contributed by atoms with van der Waals surface area (Å²) in [6, 6.07) is 18.1. The molecule has 0 radical (unpaired) electrons. The molecule has 1 aromatic heterocycles. The van der Waals surface area contributed by atoms with Gasteiger partial charge >= 0.3 is 0 Å². The van der Waals surface area contributed by atoms with E-state index in [9.17, 15) is 0 Å². The molecule has 20 heavy (non-hydrogen) atoms. The number of nitrogens with two attached hydrogens (primary N) is 1. The lowest BCUT2D eigenvalue weighted by molar-refractivity contribution is 0.883. The van der Waals surface area contributed by atoms with Gasteiger partial charge in [-0.3, -0.25) is 0 Å². The van der Waals surface area contributed by atoms with E-state index in [0.29, 0.717) is 6.54 Å². The van der Waals surface area contributed by atoms with Crippen molar-refractivity contribution in [2.24, 2.45) is 5.73 Å². The molecule has 0 spiro atoms. The molecule has 100 valence electrons. The Bertz CT molecular complexity index is 720. The largest absolute Gasteiger partial charge is 0.326 e. The molecular weight excluding hydrogens is 314 g/mol. The standard InChI is InChI=1S/C16H14BrN3/c17-14-6-4-5-12(9-14)16-13(10-18)11-20(19-16)15-7-2-1-3-8-15/h1-9,11H,10,18H2. The summed E-state index contributed by atoms with van der Waals surface area (Å²) >= 11 is 3.49. The molecule has 0 aliphatic heterocycles. The van der Waals surface area contributed by atoms with Crippen LogP contribution in [0.2, 0.25) is 0 Å². The van der Waals surface area contributed by atoms with Gasteiger partial charge in [0.1, 0.15) is 0 Å². The molecule has 0 fully saturated rings. The van der Waals surface area contributed by atoms with E-state index in [1.54, 1.807) is 0 Å². The van der Waals surface area contributed by atoms with Crippen molar-refractivity contribution in [2.45, 2.75) is 6.54 Å². The number of hydrogen-bond donors (Lipinski definition) is 1. The zero-order chi connectivity index (χ0) is 13.9. The fourth-order valence-corrected chi connectivity index (χ4v) is 2.55. The first-order valence-corrected chi connectivity index (χ1v) is 7.17. The minimum Gasteiger partial charge on any atom is -0.326 e. The Hall–Kier alpha value is -1.91. The summed E-state index contributed by atoms with van der Waals surface area (Å²) in [4.78, 5) is 0. The van der Waals surface area contributed by atoms with Gasteiger partial charge in [0.25, 0.3) is 0 Å². The first-order chi connectivity index (χ1) is 9.78. The smallest absolute Gasteiger partial charge is 0.0972 e. The average molecular weight is 328 g/mol. The summed E-state index contributed by atoms with van der Waals surface area (Å²) in [5.41, 5.74) is 9.91. The Kier molecular flexibility index (Phi) is 3.67. The van der Waals surface area contributed by atoms with Crippen molar-refractivity contribution in [3.8, 4) is 16.9 Å². The molecule has 3 rings (SSSR count). The van der Waals surface area contributed by atoms with Gasteiger partial charge in [-0.1, -0.05) is 46.3 Å². The summed E-state index contributed by atoms with van der Waals surface area (Å²) in [6.45, 7) is 0.467. The second-order valence-electron chi connectivity index (χ2n) is 4.50. The van der Waals surface area contributed by atoms with Crippen LogP contribution in [0.15, 0.2) is 65.3 Å². The molecule has 4 heteroatoms. The Morgan fingerprint density at radius 1 is 1.05 bits per heavy atom. The van der Waals surface area contributed by atoms with E-state index in [1.807, 2.05) is 59.4 Å². The van der Waals surface area contributed by atoms with Gasteiger partial charge in [-0.15, -0.1) is 0 Å². The van der Waals surface area contributed by atoms with Gasteiger partial charge in [0.15, 0.2) is 0 Å². The molecular formula is C16H14BrN3. The molecule has 0 bridgehead atoms. The van der Waals surface area contributed by atoms with Crippen LogP contribution in [0, 0.1) is 0 Å². The molecule has 0 atom stereocenters. The van der Waals surface area contributed by atoms with Gasteiger partial charge in [0, 0.05) is 28.3 Å². The van der Waals surface area contributed by atoms with E-state index in [-0.39, 0.29) is 0 Å². The number of hydrogen-bond acceptors (Lipinski definition) is 2. The Balaban J connectivity index is 2.10. The van der Waals surface area contributed by atoms with E-state index in [0.717, 1.165) is 27.0 Å². The highest BCUT2D eigenvalue weighted by atomic mass is 79.9. The summed E-state index contributed by atoms with van der Waals surface area (Å²) in [6.07, 6.45) is 1.99. The fourth-order valence-electron chi connectivity index (χ4n) is 2.15. The summed E-state index contributed by atoms with van der Waals surface area (Å²) in [7, 11) is 0. The van der Waals surface area contributed by atoms with Gasteiger partial charge in [-0.25, -0.2) is 4.68 Å². The molecule has 3 nitrogen and oxygen atoms in total. The van der Waals surface area contributed by atoms with Crippen molar-refractivity contribution in [3.05, 3.63) is 70.8 Å². The number of rotatable bonds is 3. The Labute approximate surface area is 126 Å². The van der Waals surface area contributed by atoms with E-state index in [4.69, 9.17) is 5.73 Å². The number of benzene rings is 2. The maximum absolute atomic E-state index is 5.85. The maximum atomic E-state index is 5.85. The van der Waals surface area contributed by atoms with Crippen LogP contribution in [0.4, 0.5) is 0 Å². The number of halogens is 1. The van der Waals surface area contributed by atoms with Gasteiger partial charge in [-0.05, 0) is 24.3 Å². The third-order valence-electron chi connectivity index (χ3n) is 3.13. The van der Waals surface area contributed by atoms with Crippen LogP contribution in [0.5, 0.6) is 0 Å². The van der Waals surface area contributed by atoms with E-state index < -0.39 is 0 Å². The van der Waals surface area contributed by atoms with E-state index in [1.165, 1.54) is 0 Å². The first-order valence-electron chi connectivity index (χ1n) is 6.38. The van der Waals surface area contributed by atoms with Crippen LogP contribution >= 0.6 is 15.9 Å². The lowest BCUT2D eigenvalue weighted by Gasteiger charge is -2.01. The SMILES string of the molecule is NCc1cn(-c2ccccc2)nc1-c1cccc(Br)c1. The normalized spacial score (nSPS) is 10.7. The molecule has 0 saturated carbocycles. The predicted molar refractivity (Wildman–Crippen MR) is 84.6 cm³/mol. The lowest BCUT2D eigenvalue weighted by atomic mass is 10.1. The van der Waals surface area contributed by atoms with Crippen LogP contribution in [0.3, 0.4) is 0 Å². The van der Waals surface area contributed by atoms with Gasteiger partial charge in [0.05, 0.1) is 11.4 Å². The average Bonchev–Trinajstić information content (AvgIpc) is 2.92. The third kappa shape index (κ3) is 2.53. The number of para-hydroxylation sites is 1. The summed E-state index contributed by atoms with van der Waals surface area (Å²) in [5.74, 6) is 0. The van der Waals surface area contributed by atoms with Gasteiger partial charge in [-0.2, -0.15) is 5.10 Å². The molecule has 2 aromatic carbocycles. The zero-order valence-corrected chi connectivity index (χ0v) is 12.4. The summed E-state index contributed by atoms with van der Waals surface area (Å²) in [5, 5.41) is 4.68. The number of nitrogens with zero attached hydrogens (tertiary/aromatic N) is 2. The van der Waals surface area contributed by atoms with E-state index in [2.05, 4.69) is 27.1 Å². The zero-order valence-electron chi connectivity index (χ0n) is 10.8. The quantitative estimate of drug-likeness (QED) is 0.795. The lowest BCUT2D eigenvalue weighted by Crippen LogP contribution is -1.96. The monoisotopic (exact) mass is 327 g/mol. The Morgan fingerprint density at radius 2 is 1.85 bits per heavy atom. The maximum Gasteiger partial charge on any atom is 0.0972 e. The van der Waals surface area contributed by atoms with E-state index >= 15 is 0 Å². The Morgan fingerprint density at radius 3 is 2.55 bits per heavy atom. The molecule has 1 heterocycles. The van der Waals surface area contributed by atoms with Crippen molar-refractivity contribution < 1.29 is 0 Å². The minimum atomic E-state index is 0.467. The van der Waals surface area contributed by atoms with Crippen molar-refractivity contribution in [3.63, 3.8) is 0 Å². The summed E-state index contributed by atoms with van der Waals surface area (Å²) < 4.78 is 2.91. The highest BCUT2D eigenvalue weighted by molar-refractivity contribution is 9.10. The molecule has 0 aliphatic carbocycles. The van der Waals surface area contributed by atoms with Gasteiger partial charge in [0.2, 0.25) is 0 Å². The van der Waals surface area contributed by atoms with Crippen LogP contribution in [0.25, 0.3) is 16.9 Å². The highest BCUT2D eigenvalue weighted by Gasteiger charge is 2.11.